The van der Waals surface area contributed by atoms with Crippen LogP contribution in [0, 0.1) is 0 Å². The van der Waals surface area contributed by atoms with E-state index in [1.807, 2.05) is 24.5 Å². The van der Waals surface area contributed by atoms with Gasteiger partial charge in [-0.3, -0.25) is 14.1 Å². The van der Waals surface area contributed by atoms with Gasteiger partial charge in [-0.2, -0.15) is 0 Å². The lowest BCUT2D eigenvalue weighted by atomic mass is 10.0. The molecule has 2 aliphatic rings. The molecule has 3 aromatic rings. The van der Waals surface area contributed by atoms with Crippen molar-refractivity contribution in [3.05, 3.63) is 58.8 Å². The van der Waals surface area contributed by atoms with Crippen molar-refractivity contribution in [3.8, 4) is 5.19 Å². The highest BCUT2D eigenvalue weighted by Gasteiger charge is 2.24. The van der Waals surface area contributed by atoms with E-state index in [1.165, 1.54) is 30.9 Å². The van der Waals surface area contributed by atoms with Crippen LogP contribution in [-0.2, 0) is 16.0 Å². The summed E-state index contributed by atoms with van der Waals surface area (Å²) in [7, 11) is -2.14. The van der Waals surface area contributed by atoms with Crippen LogP contribution in [0.4, 0.5) is 5.95 Å². The number of rotatable bonds is 8. The molecule has 0 unspecified atom stereocenters. The fraction of sp³-hybridized carbons (Fsp3) is 0.414. The number of anilines is 1. The molecule has 0 spiro atoms. The van der Waals surface area contributed by atoms with E-state index >= 15 is 0 Å². The van der Waals surface area contributed by atoms with Crippen LogP contribution in [-0.4, -0.2) is 67.9 Å². The van der Waals surface area contributed by atoms with Crippen molar-refractivity contribution in [1.82, 2.24) is 15.0 Å². The van der Waals surface area contributed by atoms with Crippen LogP contribution in [0.5, 0.6) is 5.19 Å². The maximum atomic E-state index is 11.7. The van der Waals surface area contributed by atoms with Crippen LogP contribution in [0.3, 0.4) is 0 Å². The average molecular weight is 598 g/mol. The molecule has 12 heteroatoms. The van der Waals surface area contributed by atoms with Crippen molar-refractivity contribution >= 4 is 54.7 Å². The maximum Gasteiger partial charge on any atom is 0.334 e. The standard InChI is InChI=1S/C29H35N5O5S2/c1-4-5-20-16-31-28(32-17-20)34-12-9-23(10-13-34)39-29-33-24-7-6-21(14-25(24)40-29)22-8-11-30-26(15-22)41(36,37)18-19(2)27(35)38-3/h6-7,14-18,23,36-37H,4-5,8-13H2,1-3H3. The van der Waals surface area contributed by atoms with Gasteiger partial charge in [-0.15, -0.1) is 10.6 Å². The van der Waals surface area contributed by atoms with Crippen LogP contribution in [0.2, 0.25) is 0 Å². The Labute approximate surface area is 245 Å². The van der Waals surface area contributed by atoms with E-state index in [0.717, 1.165) is 71.5 Å². The molecule has 1 aromatic carbocycles. The van der Waals surface area contributed by atoms with Crippen LogP contribution < -0.4 is 9.64 Å². The minimum absolute atomic E-state index is 0.0807. The zero-order valence-corrected chi connectivity index (χ0v) is 25.1. The number of aliphatic imine (C=N–C) groups is 1. The van der Waals surface area contributed by atoms with Gasteiger partial charge in [0.1, 0.15) is 11.1 Å². The molecule has 0 atom stereocenters. The Morgan fingerprint density at radius 3 is 2.68 bits per heavy atom. The van der Waals surface area contributed by atoms with E-state index in [1.54, 1.807) is 6.08 Å². The Morgan fingerprint density at radius 2 is 1.98 bits per heavy atom. The van der Waals surface area contributed by atoms with Gasteiger partial charge in [0.25, 0.3) is 5.19 Å². The molecular weight excluding hydrogens is 562 g/mol. The summed E-state index contributed by atoms with van der Waals surface area (Å²) in [6.45, 7) is 5.72. The van der Waals surface area contributed by atoms with Gasteiger partial charge in [0, 0.05) is 50.3 Å². The summed E-state index contributed by atoms with van der Waals surface area (Å²) < 4.78 is 33.4. The second-order valence-corrected chi connectivity index (χ2v) is 13.0. The smallest absolute Gasteiger partial charge is 0.334 e. The molecule has 2 aromatic heterocycles. The number of hydrogen-bond acceptors (Lipinski definition) is 11. The maximum absolute atomic E-state index is 11.7. The Hall–Kier alpha value is -3.32. The molecule has 10 nitrogen and oxygen atoms in total. The summed E-state index contributed by atoms with van der Waals surface area (Å²) in [5, 5.41) is 1.94. The number of benzene rings is 1. The number of aryl methyl sites for hydroxylation is 1. The van der Waals surface area contributed by atoms with Crippen molar-refractivity contribution in [2.45, 2.75) is 52.1 Å². The topological polar surface area (TPSA) is 130 Å². The molecule has 2 aliphatic heterocycles. The monoisotopic (exact) mass is 597 g/mol. The molecule has 1 saturated heterocycles. The Bertz CT molecular complexity index is 1490. The second kappa shape index (κ2) is 12.7. The number of ether oxygens (including phenoxy) is 2. The second-order valence-electron chi connectivity index (χ2n) is 10.1. The van der Waals surface area contributed by atoms with Gasteiger partial charge in [-0.25, -0.2) is 19.7 Å². The minimum Gasteiger partial charge on any atom is -0.467 e. The molecular formula is C29H35N5O5S2. The number of hydrogen-bond donors (Lipinski definition) is 2. The van der Waals surface area contributed by atoms with Gasteiger partial charge < -0.3 is 14.4 Å². The number of methoxy groups -OCH3 is 1. The Morgan fingerprint density at radius 1 is 1.22 bits per heavy atom. The van der Waals surface area contributed by atoms with Crippen LogP contribution in [0.1, 0.15) is 50.7 Å². The third-order valence-electron chi connectivity index (χ3n) is 7.07. The normalized spacial score (nSPS) is 17.3. The molecule has 0 bridgehead atoms. The predicted octanol–water partition coefficient (Wildman–Crippen LogP) is 6.10. The van der Waals surface area contributed by atoms with Gasteiger partial charge in [0.15, 0.2) is 0 Å². The quantitative estimate of drug-likeness (QED) is 0.234. The van der Waals surface area contributed by atoms with E-state index in [0.29, 0.717) is 18.2 Å². The third kappa shape index (κ3) is 6.95. The molecule has 0 aliphatic carbocycles. The largest absolute Gasteiger partial charge is 0.467 e. The Kier molecular flexibility index (Phi) is 9.03. The number of carbonyl (C=O) groups excluding carboxylic acids is 1. The lowest BCUT2D eigenvalue weighted by Gasteiger charge is -2.31. The number of carbonyl (C=O) groups is 1. The lowest BCUT2D eigenvalue weighted by Crippen LogP contribution is -2.39. The molecule has 2 N–H and O–H groups in total. The first-order chi connectivity index (χ1) is 19.8. The highest BCUT2D eigenvalue weighted by molar-refractivity contribution is 8.39. The summed E-state index contributed by atoms with van der Waals surface area (Å²) >= 11 is 1.51. The zero-order valence-electron chi connectivity index (χ0n) is 23.4. The minimum atomic E-state index is -3.39. The van der Waals surface area contributed by atoms with Crippen molar-refractivity contribution in [2.24, 2.45) is 4.99 Å². The first kappa shape index (κ1) is 29.2. The molecule has 0 saturated carbocycles. The average Bonchev–Trinajstić information content (AvgIpc) is 3.39. The molecule has 4 heterocycles. The SMILES string of the molecule is CCCc1cnc(N2CCC(Oc3nc4ccc(C5=CC(S(O)(O)C=C(C)C(=O)OC)=NCC5)cc4s3)CC2)nc1. The van der Waals surface area contributed by atoms with E-state index in [4.69, 9.17) is 9.72 Å². The van der Waals surface area contributed by atoms with Gasteiger partial charge >= 0.3 is 5.97 Å². The van der Waals surface area contributed by atoms with Gasteiger partial charge in [-0.05, 0) is 54.7 Å². The van der Waals surface area contributed by atoms with Crippen molar-refractivity contribution < 1.29 is 23.4 Å². The van der Waals surface area contributed by atoms with Gasteiger partial charge in [0.2, 0.25) is 5.95 Å². The highest BCUT2D eigenvalue weighted by atomic mass is 32.3. The summed E-state index contributed by atoms with van der Waals surface area (Å²) in [5.74, 6) is 0.160. The van der Waals surface area contributed by atoms with Crippen molar-refractivity contribution in [2.75, 3.05) is 31.6 Å². The first-order valence-corrected chi connectivity index (χ1v) is 16.1. The molecule has 0 radical (unpaired) electrons. The first-order valence-electron chi connectivity index (χ1n) is 13.7. The number of fused-ring (bicyclic) bond motifs is 1. The number of dihydropyridines is 1. The summed E-state index contributed by atoms with van der Waals surface area (Å²) in [6.07, 6.45) is 10.1. The van der Waals surface area contributed by atoms with E-state index in [9.17, 15) is 13.9 Å². The molecule has 0 amide bonds. The van der Waals surface area contributed by atoms with E-state index in [2.05, 4.69) is 37.6 Å². The number of aromatic nitrogens is 3. The molecule has 218 valence electrons. The van der Waals surface area contributed by atoms with Crippen LogP contribution in [0.15, 0.2) is 52.6 Å². The fourth-order valence-corrected chi connectivity index (χ4v) is 7.11. The number of thiazole rings is 1. The molecule has 1 fully saturated rings. The summed E-state index contributed by atoms with van der Waals surface area (Å²) in [6, 6.07) is 5.99. The zero-order chi connectivity index (χ0) is 29.0. The highest BCUT2D eigenvalue weighted by Crippen LogP contribution is 2.46. The van der Waals surface area contributed by atoms with Gasteiger partial charge in [0.05, 0.1) is 22.9 Å². The van der Waals surface area contributed by atoms with Crippen LogP contribution in [0.25, 0.3) is 15.8 Å². The van der Waals surface area contributed by atoms with Gasteiger partial charge in [-0.1, -0.05) is 30.7 Å². The molecule has 41 heavy (non-hydrogen) atoms. The predicted molar refractivity (Wildman–Crippen MR) is 165 cm³/mol. The number of piperidine rings is 1. The van der Waals surface area contributed by atoms with Crippen molar-refractivity contribution in [1.29, 1.82) is 0 Å². The Balaban J connectivity index is 1.24. The number of esters is 1. The van der Waals surface area contributed by atoms with Crippen molar-refractivity contribution in [3.63, 3.8) is 0 Å². The number of nitrogens with zero attached hydrogens (tertiary/aromatic N) is 5. The summed E-state index contributed by atoms with van der Waals surface area (Å²) in [5.41, 5.74) is 4.05. The van der Waals surface area contributed by atoms with Crippen LogP contribution >= 0.6 is 21.9 Å². The summed E-state index contributed by atoms with van der Waals surface area (Å²) in [4.78, 5) is 32.1. The third-order valence-corrected chi connectivity index (χ3v) is 9.52. The lowest BCUT2D eigenvalue weighted by molar-refractivity contribution is -0.136. The fourth-order valence-electron chi connectivity index (χ4n) is 4.88. The van der Waals surface area contributed by atoms with E-state index in [-0.39, 0.29) is 16.7 Å². The van der Waals surface area contributed by atoms with E-state index < -0.39 is 16.6 Å². The molecule has 5 rings (SSSR count).